The molecule has 0 aliphatic carbocycles. The summed E-state index contributed by atoms with van der Waals surface area (Å²) in [6, 6.07) is 17.1. The molecule has 1 aliphatic heterocycles. The maximum atomic E-state index is 11.9. The molecule has 1 heterocycles. The number of hydrogen-bond acceptors (Lipinski definition) is 6. The third-order valence-corrected chi connectivity index (χ3v) is 10.7. The molecule has 0 saturated heterocycles. The fraction of sp³-hybridized carbons (Fsp3) is 0.500. The van der Waals surface area contributed by atoms with Crippen LogP contribution < -0.4 is 9.47 Å². The van der Waals surface area contributed by atoms with Crippen LogP contribution in [0.25, 0.3) is 0 Å². The normalized spacial score (nSPS) is 14.8. The first-order chi connectivity index (χ1) is 25.0. The van der Waals surface area contributed by atoms with E-state index >= 15 is 0 Å². The second-order valence-electron chi connectivity index (χ2n) is 19.3. The summed E-state index contributed by atoms with van der Waals surface area (Å²) in [7, 11) is 3.42. The van der Waals surface area contributed by atoms with Crippen LogP contribution in [0, 0.1) is 0 Å². The summed E-state index contributed by atoms with van der Waals surface area (Å²) in [6.07, 6.45) is 0.927. The second-order valence-corrected chi connectivity index (χ2v) is 19.3. The van der Waals surface area contributed by atoms with Crippen LogP contribution in [0.2, 0.25) is 0 Å². The SMILES string of the molecule is COc1c2cc(C(C)(C)C)cc1Cc1cc(C(C)(C)C)cc(c1O)COCc1cc(C(C)(C)C)cc(c1O)Cc1cc(C(C)(C)C)cc(c1OC)COC2. The van der Waals surface area contributed by atoms with E-state index in [-0.39, 0.29) is 46.4 Å². The third kappa shape index (κ3) is 9.09. The molecule has 4 aromatic carbocycles. The highest BCUT2D eigenvalue weighted by atomic mass is 16.5. The van der Waals surface area contributed by atoms with E-state index in [2.05, 4.69) is 132 Å². The Kier molecular flexibility index (Phi) is 11.6. The van der Waals surface area contributed by atoms with Gasteiger partial charge in [0.05, 0.1) is 40.6 Å². The standard InChI is InChI=1S/C48H64O6/c1-45(2,3)37-17-29-15-31-19-39(47(7,8)9)23-35(43(31)51-13)27-54-28-36-24-40(48(10,11)12)20-32(44(36)52-14)16-30-18-38(46(4,5)6)22-34(42(30)50)26-53-25-33(21-37)41(29)49/h17-24,49-50H,15-16,25-28H2,1-14H3. The summed E-state index contributed by atoms with van der Waals surface area (Å²) in [5.74, 6) is 1.95. The quantitative estimate of drug-likeness (QED) is 0.213. The number of hydrogen-bond donors (Lipinski definition) is 2. The average molecular weight is 737 g/mol. The van der Waals surface area contributed by atoms with Gasteiger partial charge < -0.3 is 29.2 Å². The molecule has 0 atom stereocenters. The first-order valence-corrected chi connectivity index (χ1v) is 19.3. The van der Waals surface area contributed by atoms with Crippen molar-refractivity contribution < 1.29 is 29.2 Å². The molecule has 54 heavy (non-hydrogen) atoms. The zero-order valence-corrected chi connectivity index (χ0v) is 35.4. The summed E-state index contributed by atoms with van der Waals surface area (Å²) in [5, 5.41) is 23.7. The van der Waals surface area contributed by atoms with E-state index < -0.39 is 0 Å². The Bertz CT molecular complexity index is 1850. The molecule has 6 nitrogen and oxygen atoms in total. The van der Waals surface area contributed by atoms with Crippen molar-refractivity contribution in [2.45, 2.75) is 144 Å². The van der Waals surface area contributed by atoms with E-state index in [0.717, 1.165) is 56.0 Å². The molecule has 0 radical (unpaired) electrons. The molecule has 0 fully saturated rings. The first-order valence-electron chi connectivity index (χ1n) is 19.3. The minimum absolute atomic E-state index is 0.134. The van der Waals surface area contributed by atoms with E-state index in [9.17, 15) is 10.2 Å². The molecule has 0 unspecified atom stereocenters. The molecule has 8 bridgehead atoms. The molecule has 2 N–H and O–H groups in total. The van der Waals surface area contributed by atoms with Gasteiger partial charge >= 0.3 is 0 Å². The lowest BCUT2D eigenvalue weighted by molar-refractivity contribution is 0.103. The Morgan fingerprint density at radius 1 is 0.389 bits per heavy atom. The van der Waals surface area contributed by atoms with Crippen LogP contribution in [0.5, 0.6) is 23.0 Å². The number of methoxy groups -OCH3 is 2. The van der Waals surface area contributed by atoms with Gasteiger partial charge in [0.2, 0.25) is 0 Å². The summed E-state index contributed by atoms with van der Waals surface area (Å²) < 4.78 is 25.3. The number of benzene rings is 4. The predicted octanol–water partition coefficient (Wildman–Crippen LogP) is 11.2. The van der Waals surface area contributed by atoms with Crippen molar-refractivity contribution >= 4 is 0 Å². The van der Waals surface area contributed by atoms with Gasteiger partial charge in [0.25, 0.3) is 0 Å². The first kappa shape index (κ1) is 41.2. The maximum Gasteiger partial charge on any atom is 0.127 e. The number of phenols is 2. The minimum Gasteiger partial charge on any atom is -0.507 e. The molecular formula is C48H64O6. The van der Waals surface area contributed by atoms with Crippen molar-refractivity contribution in [3.8, 4) is 23.0 Å². The number of phenolic OH excluding ortho intramolecular Hbond substituents is 2. The lowest BCUT2D eigenvalue weighted by Gasteiger charge is -2.26. The highest BCUT2D eigenvalue weighted by molar-refractivity contribution is 5.55. The summed E-state index contributed by atoms with van der Waals surface area (Å²) in [6.45, 7) is 27.4. The van der Waals surface area contributed by atoms with Gasteiger partial charge in [-0.05, 0) is 90.4 Å². The summed E-state index contributed by atoms with van der Waals surface area (Å²) >= 11 is 0. The number of aromatic hydroxyl groups is 2. The van der Waals surface area contributed by atoms with Gasteiger partial charge in [0, 0.05) is 35.1 Å². The van der Waals surface area contributed by atoms with Gasteiger partial charge in [-0.2, -0.15) is 0 Å². The topological polar surface area (TPSA) is 77.4 Å². The molecule has 1 aliphatic rings. The van der Waals surface area contributed by atoms with Crippen LogP contribution in [0.3, 0.4) is 0 Å². The Morgan fingerprint density at radius 2 is 0.630 bits per heavy atom. The van der Waals surface area contributed by atoms with Crippen molar-refractivity contribution in [2.24, 2.45) is 0 Å². The van der Waals surface area contributed by atoms with Gasteiger partial charge in [0.1, 0.15) is 23.0 Å². The van der Waals surface area contributed by atoms with Crippen molar-refractivity contribution in [2.75, 3.05) is 14.2 Å². The Hall–Kier alpha value is -4.00. The highest BCUT2D eigenvalue weighted by Gasteiger charge is 2.26. The van der Waals surface area contributed by atoms with Crippen molar-refractivity contribution in [3.63, 3.8) is 0 Å². The van der Waals surface area contributed by atoms with Gasteiger partial charge in [-0.1, -0.05) is 107 Å². The number of fused-ring (bicyclic) bond motifs is 8. The average Bonchev–Trinajstić information content (AvgIpc) is 3.05. The third-order valence-electron chi connectivity index (χ3n) is 10.7. The molecule has 0 aromatic heterocycles. The summed E-state index contributed by atoms with van der Waals surface area (Å²) in [5.41, 5.74) is 10.9. The summed E-state index contributed by atoms with van der Waals surface area (Å²) in [4.78, 5) is 0. The van der Waals surface area contributed by atoms with E-state index in [1.807, 2.05) is 0 Å². The highest BCUT2D eigenvalue weighted by Crippen LogP contribution is 2.41. The molecule has 0 amide bonds. The van der Waals surface area contributed by atoms with E-state index in [4.69, 9.17) is 18.9 Å². The van der Waals surface area contributed by atoms with Crippen LogP contribution in [0.1, 0.15) is 150 Å². The van der Waals surface area contributed by atoms with E-state index in [0.29, 0.717) is 37.2 Å². The fourth-order valence-corrected chi connectivity index (χ4v) is 7.20. The van der Waals surface area contributed by atoms with Crippen molar-refractivity contribution in [1.82, 2.24) is 0 Å². The molecular weight excluding hydrogens is 673 g/mol. The Labute approximate surface area is 324 Å². The number of rotatable bonds is 2. The van der Waals surface area contributed by atoms with Crippen molar-refractivity contribution in [3.05, 3.63) is 115 Å². The predicted molar refractivity (Wildman–Crippen MR) is 220 cm³/mol. The molecule has 292 valence electrons. The molecule has 6 heteroatoms. The van der Waals surface area contributed by atoms with Crippen LogP contribution in [-0.2, 0) is 70.4 Å². The number of ether oxygens (including phenoxy) is 4. The lowest BCUT2D eigenvalue weighted by atomic mass is 9.82. The van der Waals surface area contributed by atoms with Crippen molar-refractivity contribution in [1.29, 1.82) is 0 Å². The fourth-order valence-electron chi connectivity index (χ4n) is 7.20. The zero-order chi connectivity index (χ0) is 40.0. The zero-order valence-electron chi connectivity index (χ0n) is 35.4. The van der Waals surface area contributed by atoms with Gasteiger partial charge in [-0.25, -0.2) is 0 Å². The van der Waals surface area contributed by atoms with Crippen LogP contribution in [0.15, 0.2) is 48.5 Å². The smallest absolute Gasteiger partial charge is 0.127 e. The van der Waals surface area contributed by atoms with E-state index in [1.165, 1.54) is 11.1 Å². The monoisotopic (exact) mass is 736 g/mol. The molecule has 0 saturated carbocycles. The minimum atomic E-state index is -0.167. The Morgan fingerprint density at radius 3 is 0.907 bits per heavy atom. The van der Waals surface area contributed by atoms with Gasteiger partial charge in [-0.15, -0.1) is 0 Å². The van der Waals surface area contributed by atoms with Crippen LogP contribution >= 0.6 is 0 Å². The van der Waals surface area contributed by atoms with E-state index in [1.54, 1.807) is 14.2 Å². The molecule has 4 aromatic rings. The maximum absolute atomic E-state index is 11.9. The lowest BCUT2D eigenvalue weighted by Crippen LogP contribution is -2.15. The molecule has 0 spiro atoms. The second kappa shape index (κ2) is 15.3. The largest absolute Gasteiger partial charge is 0.507 e. The van der Waals surface area contributed by atoms with Crippen LogP contribution in [-0.4, -0.2) is 24.4 Å². The Balaban J connectivity index is 1.75. The van der Waals surface area contributed by atoms with Gasteiger partial charge in [-0.3, -0.25) is 0 Å². The van der Waals surface area contributed by atoms with Crippen LogP contribution in [0.4, 0.5) is 0 Å². The molecule has 5 rings (SSSR count). The van der Waals surface area contributed by atoms with Gasteiger partial charge in [0.15, 0.2) is 0 Å².